The van der Waals surface area contributed by atoms with Crippen LogP contribution in [-0.2, 0) is 22.9 Å². The molecule has 25 heavy (non-hydrogen) atoms. The van der Waals surface area contributed by atoms with E-state index in [1.54, 1.807) is 21.9 Å². The summed E-state index contributed by atoms with van der Waals surface area (Å²) in [5.74, 6) is -0.129. The maximum Gasteiger partial charge on any atom is 0.273 e. The number of thiazole rings is 1. The van der Waals surface area contributed by atoms with Crippen molar-refractivity contribution in [3.05, 3.63) is 45.9 Å². The SMILES string of the molecule is O=C(c1cscn1)N1CCN(S(=O)(=O)c2ccc3c(c2)CCC3)CC1. The summed E-state index contributed by atoms with van der Waals surface area (Å²) in [6.07, 6.45) is 3.08. The number of aryl methyl sites for hydroxylation is 2. The molecule has 1 aliphatic carbocycles. The van der Waals surface area contributed by atoms with Crippen LogP contribution in [0.15, 0.2) is 34.0 Å². The zero-order chi connectivity index (χ0) is 17.4. The zero-order valence-electron chi connectivity index (χ0n) is 13.7. The first kappa shape index (κ1) is 16.7. The number of hydrogen-bond donors (Lipinski definition) is 0. The second-order valence-corrected chi connectivity index (χ2v) is 9.01. The molecule has 1 fully saturated rings. The number of piperazine rings is 1. The largest absolute Gasteiger partial charge is 0.335 e. The van der Waals surface area contributed by atoms with E-state index in [0.717, 1.165) is 24.8 Å². The molecule has 0 unspecified atom stereocenters. The topological polar surface area (TPSA) is 70.6 Å². The summed E-state index contributed by atoms with van der Waals surface area (Å²) in [7, 11) is -3.50. The average molecular weight is 377 g/mol. The first-order chi connectivity index (χ1) is 12.1. The van der Waals surface area contributed by atoms with Gasteiger partial charge in [-0.3, -0.25) is 4.79 Å². The fourth-order valence-electron chi connectivity index (χ4n) is 3.47. The van der Waals surface area contributed by atoms with E-state index in [1.165, 1.54) is 21.2 Å². The molecule has 0 N–H and O–H groups in total. The number of carbonyl (C=O) groups excluding carboxylic acids is 1. The van der Waals surface area contributed by atoms with E-state index in [9.17, 15) is 13.2 Å². The molecule has 8 heteroatoms. The second kappa shape index (κ2) is 6.51. The van der Waals surface area contributed by atoms with Gasteiger partial charge in [-0.2, -0.15) is 4.31 Å². The standard InChI is InChI=1S/C17H19N3O3S2/c21-17(16-11-24-12-18-16)19-6-8-20(9-7-19)25(22,23)15-5-4-13-2-1-3-14(13)10-15/h4-5,10-12H,1-3,6-9H2. The Hall–Kier alpha value is -1.77. The third kappa shape index (κ3) is 3.09. The minimum Gasteiger partial charge on any atom is -0.335 e. The third-order valence-corrected chi connectivity index (χ3v) is 7.37. The first-order valence-corrected chi connectivity index (χ1v) is 10.7. The van der Waals surface area contributed by atoms with Gasteiger partial charge in [0.2, 0.25) is 10.0 Å². The lowest BCUT2D eigenvalue weighted by molar-refractivity contribution is 0.0693. The minimum atomic E-state index is -3.50. The molecule has 0 saturated carbocycles. The van der Waals surface area contributed by atoms with Gasteiger partial charge in [-0.15, -0.1) is 11.3 Å². The summed E-state index contributed by atoms with van der Waals surface area (Å²) >= 11 is 1.38. The molecule has 1 aromatic heterocycles. The van der Waals surface area contributed by atoms with Crippen molar-refractivity contribution in [1.29, 1.82) is 0 Å². The van der Waals surface area contributed by atoms with Crippen LogP contribution in [-0.4, -0.2) is 54.7 Å². The van der Waals surface area contributed by atoms with E-state index < -0.39 is 10.0 Å². The Morgan fingerprint density at radius 2 is 1.84 bits per heavy atom. The predicted octanol–water partition coefficient (Wildman–Crippen LogP) is 1.78. The molecule has 4 rings (SSSR count). The van der Waals surface area contributed by atoms with Gasteiger partial charge in [0.05, 0.1) is 10.4 Å². The van der Waals surface area contributed by atoms with Gasteiger partial charge in [0, 0.05) is 31.6 Å². The summed E-state index contributed by atoms with van der Waals surface area (Å²) in [6, 6.07) is 5.48. The predicted molar refractivity (Wildman–Crippen MR) is 95.2 cm³/mol. The molecule has 132 valence electrons. The van der Waals surface area contributed by atoms with Crippen molar-refractivity contribution in [3.8, 4) is 0 Å². The molecule has 1 saturated heterocycles. The Morgan fingerprint density at radius 3 is 2.56 bits per heavy atom. The van der Waals surface area contributed by atoms with Crippen molar-refractivity contribution in [3.63, 3.8) is 0 Å². The van der Waals surface area contributed by atoms with Gasteiger partial charge in [0.15, 0.2) is 0 Å². The molecule has 0 radical (unpaired) electrons. The third-order valence-electron chi connectivity index (χ3n) is 4.89. The molecule has 2 heterocycles. The summed E-state index contributed by atoms with van der Waals surface area (Å²) in [5, 5.41) is 1.72. The van der Waals surface area contributed by atoms with Gasteiger partial charge < -0.3 is 4.90 Å². The molecular formula is C17H19N3O3S2. The Balaban J connectivity index is 1.47. The summed E-state index contributed by atoms with van der Waals surface area (Å²) in [4.78, 5) is 18.4. The molecule has 2 aromatic rings. The maximum absolute atomic E-state index is 12.9. The van der Waals surface area contributed by atoms with Crippen LogP contribution in [0.1, 0.15) is 28.0 Å². The van der Waals surface area contributed by atoms with Crippen molar-refractivity contribution in [2.75, 3.05) is 26.2 Å². The molecule has 0 bridgehead atoms. The molecular weight excluding hydrogens is 358 g/mol. The van der Waals surface area contributed by atoms with Crippen LogP contribution >= 0.6 is 11.3 Å². The second-order valence-electron chi connectivity index (χ2n) is 6.35. The minimum absolute atomic E-state index is 0.129. The molecule has 1 aliphatic heterocycles. The quantitative estimate of drug-likeness (QED) is 0.817. The van der Waals surface area contributed by atoms with E-state index in [0.29, 0.717) is 36.8 Å². The van der Waals surface area contributed by atoms with Crippen LogP contribution in [0, 0.1) is 0 Å². The Kier molecular flexibility index (Phi) is 4.35. The van der Waals surface area contributed by atoms with E-state index in [2.05, 4.69) is 4.98 Å². The fraction of sp³-hybridized carbons (Fsp3) is 0.412. The van der Waals surface area contributed by atoms with Crippen molar-refractivity contribution in [2.24, 2.45) is 0 Å². The van der Waals surface area contributed by atoms with Crippen molar-refractivity contribution in [1.82, 2.24) is 14.2 Å². The zero-order valence-corrected chi connectivity index (χ0v) is 15.4. The number of fused-ring (bicyclic) bond motifs is 1. The van der Waals surface area contributed by atoms with Crippen LogP contribution < -0.4 is 0 Å². The Labute approximate surface area is 151 Å². The van der Waals surface area contributed by atoms with Gasteiger partial charge in [0.25, 0.3) is 5.91 Å². The lowest BCUT2D eigenvalue weighted by Crippen LogP contribution is -2.50. The highest BCUT2D eigenvalue weighted by molar-refractivity contribution is 7.89. The van der Waals surface area contributed by atoms with Crippen LogP contribution in [0.4, 0.5) is 0 Å². The number of benzene rings is 1. The molecule has 1 amide bonds. The van der Waals surface area contributed by atoms with Crippen LogP contribution in [0.3, 0.4) is 0 Å². The van der Waals surface area contributed by atoms with E-state index in [4.69, 9.17) is 0 Å². The fourth-order valence-corrected chi connectivity index (χ4v) is 5.47. The summed E-state index contributed by atoms with van der Waals surface area (Å²) in [5.41, 5.74) is 4.47. The highest BCUT2D eigenvalue weighted by Crippen LogP contribution is 2.26. The van der Waals surface area contributed by atoms with Crippen molar-refractivity contribution in [2.45, 2.75) is 24.2 Å². The van der Waals surface area contributed by atoms with Crippen molar-refractivity contribution >= 4 is 27.3 Å². The van der Waals surface area contributed by atoms with Gasteiger partial charge in [-0.1, -0.05) is 6.07 Å². The number of amides is 1. The lowest BCUT2D eigenvalue weighted by atomic mass is 10.1. The van der Waals surface area contributed by atoms with E-state index in [-0.39, 0.29) is 5.91 Å². The average Bonchev–Trinajstić information content (AvgIpc) is 3.32. The maximum atomic E-state index is 12.9. The van der Waals surface area contributed by atoms with E-state index >= 15 is 0 Å². The van der Waals surface area contributed by atoms with Gasteiger partial charge in [-0.05, 0) is 42.5 Å². The van der Waals surface area contributed by atoms with Gasteiger partial charge in [0.1, 0.15) is 5.69 Å². The number of rotatable bonds is 3. The number of hydrogen-bond acceptors (Lipinski definition) is 5. The van der Waals surface area contributed by atoms with Crippen LogP contribution in [0.25, 0.3) is 0 Å². The van der Waals surface area contributed by atoms with Crippen LogP contribution in [0.5, 0.6) is 0 Å². The number of aromatic nitrogens is 1. The number of sulfonamides is 1. The highest BCUT2D eigenvalue weighted by Gasteiger charge is 2.31. The van der Waals surface area contributed by atoms with Gasteiger partial charge >= 0.3 is 0 Å². The molecule has 1 aromatic carbocycles. The van der Waals surface area contributed by atoms with E-state index in [1.807, 2.05) is 12.1 Å². The molecule has 0 spiro atoms. The molecule has 6 nitrogen and oxygen atoms in total. The Morgan fingerprint density at radius 1 is 1.08 bits per heavy atom. The van der Waals surface area contributed by atoms with Gasteiger partial charge in [-0.25, -0.2) is 13.4 Å². The number of carbonyl (C=O) groups is 1. The normalized spacial score (nSPS) is 18.3. The Bertz CT molecular complexity index is 886. The number of nitrogens with zero attached hydrogens (tertiary/aromatic N) is 3. The molecule has 0 atom stereocenters. The lowest BCUT2D eigenvalue weighted by Gasteiger charge is -2.33. The first-order valence-electron chi connectivity index (χ1n) is 8.35. The smallest absolute Gasteiger partial charge is 0.273 e. The highest BCUT2D eigenvalue weighted by atomic mass is 32.2. The molecule has 2 aliphatic rings. The van der Waals surface area contributed by atoms with Crippen LogP contribution in [0.2, 0.25) is 0 Å². The monoisotopic (exact) mass is 377 g/mol. The summed E-state index contributed by atoms with van der Waals surface area (Å²) < 4.78 is 27.3. The summed E-state index contributed by atoms with van der Waals surface area (Å²) in [6.45, 7) is 1.41. The van der Waals surface area contributed by atoms with Crippen molar-refractivity contribution < 1.29 is 13.2 Å².